The van der Waals surface area contributed by atoms with Gasteiger partial charge in [0.2, 0.25) is 0 Å². The van der Waals surface area contributed by atoms with Crippen LogP contribution in [0.15, 0.2) is 11.2 Å². The lowest BCUT2D eigenvalue weighted by molar-refractivity contribution is 0.0211. The highest BCUT2D eigenvalue weighted by Crippen LogP contribution is 2.21. The number of aryl methyl sites for hydroxylation is 1. The van der Waals surface area contributed by atoms with E-state index < -0.39 is 0 Å². The van der Waals surface area contributed by atoms with Crippen LogP contribution in [0.25, 0.3) is 0 Å². The van der Waals surface area contributed by atoms with Crippen molar-refractivity contribution in [2.75, 3.05) is 39.9 Å². The highest BCUT2D eigenvalue weighted by atomic mass is 127. The third kappa shape index (κ3) is 6.05. The summed E-state index contributed by atoms with van der Waals surface area (Å²) < 4.78 is 7.52. The first-order valence-electron chi connectivity index (χ1n) is 9.92. The Balaban J connectivity index is 0.00000261. The molecule has 27 heavy (non-hydrogen) atoms. The molecule has 1 fully saturated rings. The Kier molecular flexibility index (Phi) is 8.81. The Morgan fingerprint density at radius 2 is 2.07 bits per heavy atom. The normalized spacial score (nSPS) is 22.1. The lowest BCUT2D eigenvalue weighted by Crippen LogP contribution is -2.51. The minimum absolute atomic E-state index is 0. The fourth-order valence-electron chi connectivity index (χ4n) is 3.68. The SMILES string of the molecule is CN=C(NCC(C)N1CCOCC1)NC1CCc2cn(C(C)C)nc2C1.I. The van der Waals surface area contributed by atoms with Gasteiger partial charge in [-0.3, -0.25) is 14.6 Å². The molecule has 1 aliphatic carbocycles. The lowest BCUT2D eigenvalue weighted by atomic mass is 9.94. The van der Waals surface area contributed by atoms with Gasteiger partial charge in [0.1, 0.15) is 0 Å². The summed E-state index contributed by atoms with van der Waals surface area (Å²) in [5, 5.41) is 11.8. The summed E-state index contributed by atoms with van der Waals surface area (Å²) >= 11 is 0. The molecule has 1 saturated heterocycles. The first-order valence-corrected chi connectivity index (χ1v) is 9.92. The zero-order valence-corrected chi connectivity index (χ0v) is 19.4. The molecule has 2 unspecified atom stereocenters. The van der Waals surface area contributed by atoms with E-state index >= 15 is 0 Å². The van der Waals surface area contributed by atoms with Gasteiger partial charge in [-0.25, -0.2) is 0 Å². The van der Waals surface area contributed by atoms with E-state index in [-0.39, 0.29) is 24.0 Å². The number of morpholine rings is 1. The van der Waals surface area contributed by atoms with Crippen LogP contribution in [0.2, 0.25) is 0 Å². The predicted octanol–water partition coefficient (Wildman–Crippen LogP) is 1.83. The van der Waals surface area contributed by atoms with Gasteiger partial charge in [-0.05, 0) is 39.2 Å². The molecule has 0 radical (unpaired) electrons. The minimum atomic E-state index is 0. The van der Waals surface area contributed by atoms with Crippen molar-refractivity contribution in [2.45, 2.75) is 58.2 Å². The summed E-state index contributed by atoms with van der Waals surface area (Å²) in [4.78, 5) is 6.88. The number of aliphatic imine (C=N–C) groups is 1. The second-order valence-electron chi connectivity index (χ2n) is 7.71. The van der Waals surface area contributed by atoms with Crippen LogP contribution in [-0.4, -0.2) is 72.6 Å². The van der Waals surface area contributed by atoms with E-state index in [2.05, 4.69) is 52.2 Å². The van der Waals surface area contributed by atoms with Crippen molar-refractivity contribution >= 4 is 29.9 Å². The fraction of sp³-hybridized carbons (Fsp3) is 0.789. The largest absolute Gasteiger partial charge is 0.379 e. The van der Waals surface area contributed by atoms with Crippen LogP contribution in [-0.2, 0) is 17.6 Å². The van der Waals surface area contributed by atoms with Gasteiger partial charge in [0.25, 0.3) is 0 Å². The third-order valence-electron chi connectivity index (χ3n) is 5.42. The molecule has 7 nitrogen and oxygen atoms in total. The molecule has 2 heterocycles. The number of nitrogens with one attached hydrogen (secondary N) is 2. The number of ether oxygens (including phenoxy) is 1. The molecule has 154 valence electrons. The highest BCUT2D eigenvalue weighted by molar-refractivity contribution is 14.0. The summed E-state index contributed by atoms with van der Waals surface area (Å²) in [6, 6.07) is 1.28. The number of aromatic nitrogens is 2. The van der Waals surface area contributed by atoms with Crippen LogP contribution >= 0.6 is 24.0 Å². The smallest absolute Gasteiger partial charge is 0.191 e. The Bertz CT molecular complexity index is 611. The summed E-state index contributed by atoms with van der Waals surface area (Å²) in [7, 11) is 1.84. The number of guanidine groups is 1. The van der Waals surface area contributed by atoms with Crippen LogP contribution in [0, 0.1) is 0 Å². The van der Waals surface area contributed by atoms with E-state index in [0.717, 1.165) is 58.1 Å². The Morgan fingerprint density at radius 3 is 2.74 bits per heavy atom. The fourth-order valence-corrected chi connectivity index (χ4v) is 3.68. The molecule has 0 amide bonds. The maximum Gasteiger partial charge on any atom is 0.191 e. The molecule has 0 saturated carbocycles. The number of hydrogen-bond donors (Lipinski definition) is 2. The van der Waals surface area contributed by atoms with Crippen LogP contribution in [0.3, 0.4) is 0 Å². The number of hydrogen-bond acceptors (Lipinski definition) is 4. The monoisotopic (exact) mass is 490 g/mol. The Hall–Kier alpha value is -0.870. The van der Waals surface area contributed by atoms with E-state index in [9.17, 15) is 0 Å². The summed E-state index contributed by atoms with van der Waals surface area (Å²) in [5.74, 6) is 0.891. The molecule has 0 bridgehead atoms. The molecule has 1 aromatic heterocycles. The third-order valence-corrected chi connectivity index (χ3v) is 5.42. The van der Waals surface area contributed by atoms with Gasteiger partial charge >= 0.3 is 0 Å². The van der Waals surface area contributed by atoms with Crippen molar-refractivity contribution in [1.29, 1.82) is 0 Å². The van der Waals surface area contributed by atoms with Gasteiger partial charge in [0.15, 0.2) is 5.96 Å². The number of fused-ring (bicyclic) bond motifs is 1. The molecule has 2 N–H and O–H groups in total. The molecule has 1 aliphatic heterocycles. The van der Waals surface area contributed by atoms with E-state index in [4.69, 9.17) is 9.84 Å². The maximum absolute atomic E-state index is 5.44. The van der Waals surface area contributed by atoms with Crippen LogP contribution in [0.4, 0.5) is 0 Å². The van der Waals surface area contributed by atoms with Crippen molar-refractivity contribution < 1.29 is 4.74 Å². The van der Waals surface area contributed by atoms with Gasteiger partial charge in [-0.15, -0.1) is 24.0 Å². The number of rotatable bonds is 5. The lowest BCUT2D eigenvalue weighted by Gasteiger charge is -2.33. The topological polar surface area (TPSA) is 66.7 Å². The highest BCUT2D eigenvalue weighted by Gasteiger charge is 2.23. The molecule has 0 aromatic carbocycles. The first kappa shape index (κ1) is 22.4. The van der Waals surface area contributed by atoms with Crippen molar-refractivity contribution in [3.8, 4) is 0 Å². The zero-order valence-electron chi connectivity index (χ0n) is 17.1. The van der Waals surface area contributed by atoms with Gasteiger partial charge in [-0.1, -0.05) is 0 Å². The molecule has 0 spiro atoms. The summed E-state index contributed by atoms with van der Waals surface area (Å²) in [5.41, 5.74) is 2.64. The average Bonchev–Trinajstić information content (AvgIpc) is 3.09. The molecule has 2 atom stereocenters. The van der Waals surface area contributed by atoms with E-state index in [1.54, 1.807) is 0 Å². The predicted molar refractivity (Wildman–Crippen MR) is 120 cm³/mol. The Labute approximate surface area is 180 Å². The summed E-state index contributed by atoms with van der Waals surface area (Å²) in [6.07, 6.45) is 5.39. The van der Waals surface area contributed by atoms with Gasteiger partial charge < -0.3 is 15.4 Å². The maximum atomic E-state index is 5.44. The van der Waals surface area contributed by atoms with Crippen molar-refractivity contribution in [3.63, 3.8) is 0 Å². The van der Waals surface area contributed by atoms with E-state index in [1.807, 2.05) is 7.05 Å². The zero-order chi connectivity index (χ0) is 18.5. The van der Waals surface area contributed by atoms with Gasteiger partial charge in [0, 0.05) is 57.4 Å². The molecular formula is C19H35IN6O. The number of nitrogens with zero attached hydrogens (tertiary/aromatic N) is 4. The standard InChI is InChI=1S/C19H34N6O.HI/c1-14(2)25-13-16-5-6-17(11-18(16)23-25)22-19(20-4)21-12-15(3)24-7-9-26-10-8-24;/h13-15,17H,5-12H2,1-4H3,(H2,20,21,22);1H. The minimum Gasteiger partial charge on any atom is -0.379 e. The van der Waals surface area contributed by atoms with Gasteiger partial charge in [0.05, 0.1) is 18.9 Å². The number of halogens is 1. The molecular weight excluding hydrogens is 455 g/mol. The van der Waals surface area contributed by atoms with E-state index in [1.165, 1.54) is 11.3 Å². The summed E-state index contributed by atoms with van der Waals surface area (Å²) in [6.45, 7) is 11.2. The second kappa shape index (κ2) is 10.6. The molecule has 8 heteroatoms. The molecule has 1 aromatic rings. The first-order chi connectivity index (χ1) is 12.6. The van der Waals surface area contributed by atoms with E-state index in [0.29, 0.717) is 18.1 Å². The quantitative estimate of drug-likeness (QED) is 0.375. The van der Waals surface area contributed by atoms with Crippen molar-refractivity contribution in [2.24, 2.45) is 4.99 Å². The van der Waals surface area contributed by atoms with Gasteiger partial charge in [-0.2, -0.15) is 5.10 Å². The van der Waals surface area contributed by atoms with Crippen LogP contribution in [0.1, 0.15) is 44.5 Å². The Morgan fingerprint density at radius 1 is 1.33 bits per heavy atom. The molecule has 2 aliphatic rings. The van der Waals surface area contributed by atoms with Crippen LogP contribution < -0.4 is 10.6 Å². The second-order valence-corrected chi connectivity index (χ2v) is 7.71. The average molecular weight is 490 g/mol. The van der Waals surface area contributed by atoms with Crippen molar-refractivity contribution in [1.82, 2.24) is 25.3 Å². The molecule has 3 rings (SSSR count). The van der Waals surface area contributed by atoms with Crippen molar-refractivity contribution in [3.05, 3.63) is 17.5 Å². The van der Waals surface area contributed by atoms with Crippen LogP contribution in [0.5, 0.6) is 0 Å².